The van der Waals surface area contributed by atoms with Crippen LogP contribution in [0.3, 0.4) is 0 Å². The Morgan fingerprint density at radius 3 is 2.56 bits per heavy atom. The van der Waals surface area contributed by atoms with Crippen molar-refractivity contribution in [2.75, 3.05) is 0 Å². The normalized spacial score (nSPS) is 10.4. The summed E-state index contributed by atoms with van der Waals surface area (Å²) < 4.78 is 31.7. The van der Waals surface area contributed by atoms with Crippen LogP contribution in [0.25, 0.3) is 0 Å². The van der Waals surface area contributed by atoms with Crippen molar-refractivity contribution in [1.29, 1.82) is 0 Å². The van der Waals surface area contributed by atoms with Crippen LogP contribution in [0.1, 0.15) is 5.56 Å². The molecule has 2 aromatic rings. The van der Waals surface area contributed by atoms with Gasteiger partial charge in [-0.3, -0.25) is 0 Å². The minimum absolute atomic E-state index is 0.271. The second kappa shape index (κ2) is 5.46. The molecule has 0 radical (unpaired) electrons. The number of hydrogen-bond acceptors (Lipinski definition) is 2. The molecule has 0 aliphatic heterocycles. The third kappa shape index (κ3) is 2.86. The Hall–Kier alpha value is -1.46. The van der Waals surface area contributed by atoms with E-state index in [0.29, 0.717) is 17.1 Å². The summed E-state index contributed by atoms with van der Waals surface area (Å²) in [5.74, 6) is -0.127. The van der Waals surface area contributed by atoms with Crippen LogP contribution in [0.2, 0.25) is 0 Å². The SMILES string of the molecule is OCc1cc(F)ccc1Oc1ccc(F)c(Br)c1. The van der Waals surface area contributed by atoms with Crippen LogP contribution in [0.4, 0.5) is 8.78 Å². The fraction of sp³-hybridized carbons (Fsp3) is 0.0769. The van der Waals surface area contributed by atoms with Crippen molar-refractivity contribution in [3.63, 3.8) is 0 Å². The average molecular weight is 315 g/mol. The minimum Gasteiger partial charge on any atom is -0.457 e. The number of rotatable bonds is 3. The third-order valence-electron chi connectivity index (χ3n) is 2.31. The summed E-state index contributed by atoms with van der Waals surface area (Å²) in [6, 6.07) is 7.99. The predicted octanol–water partition coefficient (Wildman–Crippen LogP) is 4.01. The zero-order valence-electron chi connectivity index (χ0n) is 9.16. The first-order chi connectivity index (χ1) is 8.60. The Morgan fingerprint density at radius 2 is 1.89 bits per heavy atom. The highest BCUT2D eigenvalue weighted by molar-refractivity contribution is 9.10. The van der Waals surface area contributed by atoms with Crippen LogP contribution in [-0.4, -0.2) is 5.11 Å². The molecule has 94 valence electrons. The molecule has 0 aliphatic rings. The van der Waals surface area contributed by atoms with Crippen LogP contribution in [-0.2, 0) is 6.61 Å². The van der Waals surface area contributed by atoms with Crippen LogP contribution in [0.15, 0.2) is 40.9 Å². The highest BCUT2D eigenvalue weighted by Gasteiger charge is 2.07. The lowest BCUT2D eigenvalue weighted by Crippen LogP contribution is -1.93. The molecule has 0 spiro atoms. The summed E-state index contributed by atoms with van der Waals surface area (Å²) in [6.07, 6.45) is 0. The molecule has 0 fully saturated rings. The smallest absolute Gasteiger partial charge is 0.137 e. The standard InChI is InChI=1S/C13H9BrF2O2/c14-11-6-10(2-3-12(11)16)18-13-4-1-9(15)5-8(13)7-17/h1-6,17H,7H2. The first-order valence-electron chi connectivity index (χ1n) is 5.12. The van der Waals surface area contributed by atoms with Gasteiger partial charge in [0, 0.05) is 5.56 Å². The zero-order valence-corrected chi connectivity index (χ0v) is 10.7. The van der Waals surface area contributed by atoms with Gasteiger partial charge in [0.1, 0.15) is 23.1 Å². The molecule has 18 heavy (non-hydrogen) atoms. The van der Waals surface area contributed by atoms with Crippen LogP contribution in [0.5, 0.6) is 11.5 Å². The van der Waals surface area contributed by atoms with Crippen LogP contribution in [0, 0.1) is 11.6 Å². The molecule has 2 rings (SSSR count). The Balaban J connectivity index is 2.30. The van der Waals surface area contributed by atoms with E-state index in [1.807, 2.05) is 0 Å². The molecule has 0 aliphatic carbocycles. The van der Waals surface area contributed by atoms with Gasteiger partial charge in [-0.05, 0) is 52.3 Å². The summed E-state index contributed by atoms with van der Waals surface area (Å²) in [5, 5.41) is 9.10. The van der Waals surface area contributed by atoms with E-state index in [-0.39, 0.29) is 11.1 Å². The van der Waals surface area contributed by atoms with Gasteiger partial charge in [0.15, 0.2) is 0 Å². The summed E-state index contributed by atoms with van der Waals surface area (Å²) in [4.78, 5) is 0. The van der Waals surface area contributed by atoms with Gasteiger partial charge < -0.3 is 9.84 Å². The van der Waals surface area contributed by atoms with E-state index in [4.69, 9.17) is 9.84 Å². The van der Waals surface area contributed by atoms with Gasteiger partial charge in [-0.25, -0.2) is 8.78 Å². The van der Waals surface area contributed by atoms with E-state index in [2.05, 4.69) is 15.9 Å². The average Bonchev–Trinajstić information content (AvgIpc) is 2.36. The fourth-order valence-electron chi connectivity index (χ4n) is 1.44. The lowest BCUT2D eigenvalue weighted by Gasteiger charge is -2.10. The molecule has 0 saturated carbocycles. The quantitative estimate of drug-likeness (QED) is 0.927. The van der Waals surface area contributed by atoms with Gasteiger partial charge in [-0.1, -0.05) is 0 Å². The first-order valence-corrected chi connectivity index (χ1v) is 5.91. The van der Waals surface area contributed by atoms with Crippen molar-refractivity contribution >= 4 is 15.9 Å². The summed E-state index contributed by atoms with van der Waals surface area (Å²) in [6.45, 7) is -0.338. The van der Waals surface area contributed by atoms with Crippen molar-refractivity contribution in [3.8, 4) is 11.5 Å². The number of aliphatic hydroxyl groups excluding tert-OH is 1. The highest BCUT2D eigenvalue weighted by atomic mass is 79.9. The lowest BCUT2D eigenvalue weighted by molar-refractivity contribution is 0.275. The molecular weight excluding hydrogens is 306 g/mol. The maximum absolute atomic E-state index is 13.0. The third-order valence-corrected chi connectivity index (χ3v) is 2.92. The molecule has 2 nitrogen and oxygen atoms in total. The molecule has 5 heteroatoms. The molecule has 0 saturated heterocycles. The molecule has 0 atom stereocenters. The Morgan fingerprint density at radius 1 is 1.11 bits per heavy atom. The summed E-state index contributed by atoms with van der Waals surface area (Å²) >= 11 is 3.04. The van der Waals surface area contributed by atoms with E-state index in [1.165, 1.54) is 36.4 Å². The van der Waals surface area contributed by atoms with Crippen molar-refractivity contribution in [2.45, 2.75) is 6.61 Å². The van der Waals surface area contributed by atoms with Crippen molar-refractivity contribution in [3.05, 3.63) is 58.1 Å². The molecule has 0 amide bonds. The van der Waals surface area contributed by atoms with Gasteiger partial charge >= 0.3 is 0 Å². The van der Waals surface area contributed by atoms with E-state index >= 15 is 0 Å². The number of aliphatic hydroxyl groups is 1. The topological polar surface area (TPSA) is 29.5 Å². The second-order valence-electron chi connectivity index (χ2n) is 3.59. The molecule has 0 bridgehead atoms. The van der Waals surface area contributed by atoms with Gasteiger partial charge in [0.25, 0.3) is 0 Å². The Kier molecular flexibility index (Phi) is 3.93. The summed E-state index contributed by atoms with van der Waals surface area (Å²) in [7, 11) is 0. The maximum atomic E-state index is 13.0. The fourth-order valence-corrected chi connectivity index (χ4v) is 1.80. The number of benzene rings is 2. The largest absolute Gasteiger partial charge is 0.457 e. The monoisotopic (exact) mass is 314 g/mol. The molecule has 2 aromatic carbocycles. The van der Waals surface area contributed by atoms with Crippen LogP contribution >= 0.6 is 15.9 Å². The van der Waals surface area contributed by atoms with Crippen molar-refractivity contribution in [1.82, 2.24) is 0 Å². The van der Waals surface area contributed by atoms with E-state index < -0.39 is 11.6 Å². The Bertz CT molecular complexity index is 573. The van der Waals surface area contributed by atoms with Crippen molar-refractivity contribution < 1.29 is 18.6 Å². The van der Waals surface area contributed by atoms with E-state index in [1.54, 1.807) is 0 Å². The number of hydrogen-bond donors (Lipinski definition) is 1. The maximum Gasteiger partial charge on any atom is 0.137 e. The lowest BCUT2D eigenvalue weighted by atomic mass is 10.2. The predicted molar refractivity (Wildman–Crippen MR) is 66.5 cm³/mol. The zero-order chi connectivity index (χ0) is 13.1. The molecule has 0 unspecified atom stereocenters. The number of halogens is 3. The first kappa shape index (κ1) is 13.0. The van der Waals surface area contributed by atoms with Gasteiger partial charge in [0.2, 0.25) is 0 Å². The highest BCUT2D eigenvalue weighted by Crippen LogP contribution is 2.29. The Labute approximate surface area is 111 Å². The van der Waals surface area contributed by atoms with E-state index in [0.717, 1.165) is 0 Å². The van der Waals surface area contributed by atoms with Crippen LogP contribution < -0.4 is 4.74 Å². The van der Waals surface area contributed by atoms with Gasteiger partial charge in [0.05, 0.1) is 11.1 Å². The molecule has 0 heterocycles. The summed E-state index contributed by atoms with van der Waals surface area (Å²) in [5.41, 5.74) is 0.329. The van der Waals surface area contributed by atoms with Gasteiger partial charge in [-0.2, -0.15) is 0 Å². The molecular formula is C13H9BrF2O2. The van der Waals surface area contributed by atoms with Crippen molar-refractivity contribution in [2.24, 2.45) is 0 Å². The van der Waals surface area contributed by atoms with E-state index in [9.17, 15) is 8.78 Å². The minimum atomic E-state index is -0.452. The molecule has 0 aromatic heterocycles. The number of ether oxygens (including phenoxy) is 1. The van der Waals surface area contributed by atoms with Gasteiger partial charge in [-0.15, -0.1) is 0 Å². The molecule has 1 N–H and O–H groups in total. The second-order valence-corrected chi connectivity index (χ2v) is 4.44.